The van der Waals surface area contributed by atoms with E-state index in [0.717, 1.165) is 12.1 Å². The molecule has 0 atom stereocenters. The Balaban J connectivity index is 3.04. The van der Waals surface area contributed by atoms with Gasteiger partial charge in [-0.25, -0.2) is 0 Å². The lowest BCUT2D eigenvalue weighted by atomic mass is 10.1. The summed E-state index contributed by atoms with van der Waals surface area (Å²) < 4.78 is 46.6. The minimum absolute atomic E-state index is 0.103. The molecule has 0 saturated carbocycles. The van der Waals surface area contributed by atoms with Gasteiger partial charge in [-0.05, 0) is 12.1 Å². The van der Waals surface area contributed by atoms with Crippen LogP contribution in [-0.2, 0) is 15.7 Å². The second-order valence-electron chi connectivity index (χ2n) is 3.25. The first-order chi connectivity index (χ1) is 7.90. The molecule has 0 amide bonds. The normalized spacial score (nSPS) is 11.9. The summed E-state index contributed by atoms with van der Waals surface area (Å²) in [6.45, 7) is 0. The Morgan fingerprint density at radius 1 is 1.24 bits per heavy atom. The van der Waals surface area contributed by atoms with Crippen LogP contribution < -0.4 is 0 Å². The van der Waals surface area contributed by atoms with Gasteiger partial charge in [0.15, 0.2) is 0 Å². The summed E-state index contributed by atoms with van der Waals surface area (Å²) in [5, 5.41) is 0. The average Bonchev–Trinajstić information content (AvgIpc) is 2.29. The van der Waals surface area contributed by atoms with Crippen molar-refractivity contribution >= 4 is 5.78 Å². The zero-order valence-corrected chi connectivity index (χ0v) is 9.25. The Hall–Kier alpha value is -1.40. The van der Waals surface area contributed by atoms with E-state index in [2.05, 4.69) is 9.47 Å². The number of ether oxygens (including phenoxy) is 2. The molecule has 3 nitrogen and oxygen atoms in total. The summed E-state index contributed by atoms with van der Waals surface area (Å²) in [5.74, 6) is -0.652. The molecule has 0 radical (unpaired) electrons. The molecule has 1 aromatic carbocycles. The number of hydrogen-bond donors (Lipinski definition) is 0. The fourth-order valence-corrected chi connectivity index (χ4v) is 1.30. The fourth-order valence-electron chi connectivity index (χ4n) is 1.30. The standard InChI is InChI=1S/C11H11F3O3/c1-16-10(17-2)9(15)7-4-3-5-8(6-7)11(12,13)14/h3-6,10H,1-2H3. The van der Waals surface area contributed by atoms with Crippen LogP contribution in [0.2, 0.25) is 0 Å². The van der Waals surface area contributed by atoms with Gasteiger partial charge in [0.1, 0.15) is 0 Å². The number of rotatable bonds is 4. The predicted octanol–water partition coefficient (Wildman–Crippen LogP) is 2.51. The summed E-state index contributed by atoms with van der Waals surface area (Å²) in [4.78, 5) is 11.7. The molecule has 17 heavy (non-hydrogen) atoms. The van der Waals surface area contributed by atoms with Crippen molar-refractivity contribution in [1.29, 1.82) is 0 Å². The van der Waals surface area contributed by atoms with E-state index in [1.807, 2.05) is 0 Å². The van der Waals surface area contributed by atoms with E-state index in [0.29, 0.717) is 0 Å². The Morgan fingerprint density at radius 3 is 2.29 bits per heavy atom. The number of benzene rings is 1. The lowest BCUT2D eigenvalue weighted by Crippen LogP contribution is -2.25. The Labute approximate surface area is 96.1 Å². The van der Waals surface area contributed by atoms with Gasteiger partial charge < -0.3 is 9.47 Å². The van der Waals surface area contributed by atoms with Gasteiger partial charge in [0.25, 0.3) is 0 Å². The molecule has 0 aliphatic heterocycles. The van der Waals surface area contributed by atoms with E-state index in [1.54, 1.807) is 0 Å². The van der Waals surface area contributed by atoms with Crippen molar-refractivity contribution in [2.75, 3.05) is 14.2 Å². The van der Waals surface area contributed by atoms with Crippen molar-refractivity contribution in [1.82, 2.24) is 0 Å². The van der Waals surface area contributed by atoms with Crippen molar-refractivity contribution in [2.24, 2.45) is 0 Å². The Kier molecular flexibility index (Phi) is 4.25. The van der Waals surface area contributed by atoms with Crippen molar-refractivity contribution < 1.29 is 27.4 Å². The number of Topliss-reactive ketones (excluding diaryl/α,β-unsaturated/α-hetero) is 1. The summed E-state index contributed by atoms with van der Waals surface area (Å²) in [7, 11) is 2.47. The van der Waals surface area contributed by atoms with E-state index >= 15 is 0 Å². The van der Waals surface area contributed by atoms with E-state index in [4.69, 9.17) is 0 Å². The van der Waals surface area contributed by atoms with E-state index in [9.17, 15) is 18.0 Å². The molecular formula is C11H11F3O3. The second kappa shape index (κ2) is 5.29. The van der Waals surface area contributed by atoms with Crippen molar-refractivity contribution in [3.8, 4) is 0 Å². The van der Waals surface area contributed by atoms with Crippen LogP contribution in [0.4, 0.5) is 13.2 Å². The summed E-state index contributed by atoms with van der Waals surface area (Å²) in [6, 6.07) is 4.11. The number of methoxy groups -OCH3 is 2. The van der Waals surface area contributed by atoms with Gasteiger partial charge in [-0.3, -0.25) is 4.79 Å². The van der Waals surface area contributed by atoms with Gasteiger partial charge in [0, 0.05) is 19.8 Å². The van der Waals surface area contributed by atoms with Crippen LogP contribution >= 0.6 is 0 Å². The summed E-state index contributed by atoms with van der Waals surface area (Å²) in [6.07, 6.45) is -5.68. The highest BCUT2D eigenvalue weighted by molar-refractivity contribution is 5.98. The first kappa shape index (κ1) is 13.7. The average molecular weight is 248 g/mol. The molecule has 0 fully saturated rings. The monoisotopic (exact) mass is 248 g/mol. The maximum absolute atomic E-state index is 12.4. The highest BCUT2D eigenvalue weighted by Crippen LogP contribution is 2.29. The zero-order valence-electron chi connectivity index (χ0n) is 9.25. The fraction of sp³-hybridized carbons (Fsp3) is 0.364. The van der Waals surface area contributed by atoms with Crippen molar-refractivity contribution in [3.63, 3.8) is 0 Å². The molecule has 0 bridgehead atoms. The number of halogens is 3. The molecule has 0 aliphatic carbocycles. The highest BCUT2D eigenvalue weighted by atomic mass is 19.4. The van der Waals surface area contributed by atoms with Crippen LogP contribution in [0.1, 0.15) is 15.9 Å². The minimum atomic E-state index is -4.48. The van der Waals surface area contributed by atoms with Crippen molar-refractivity contribution in [3.05, 3.63) is 35.4 Å². The topological polar surface area (TPSA) is 35.5 Å². The minimum Gasteiger partial charge on any atom is -0.349 e. The molecular weight excluding hydrogens is 237 g/mol. The molecule has 1 rings (SSSR count). The number of alkyl halides is 3. The van der Waals surface area contributed by atoms with E-state index < -0.39 is 23.8 Å². The van der Waals surface area contributed by atoms with Gasteiger partial charge in [0.05, 0.1) is 5.56 Å². The first-order valence-electron chi connectivity index (χ1n) is 4.67. The van der Waals surface area contributed by atoms with Gasteiger partial charge >= 0.3 is 6.18 Å². The molecule has 0 aromatic heterocycles. The van der Waals surface area contributed by atoms with Crippen LogP contribution in [0.5, 0.6) is 0 Å². The third kappa shape index (κ3) is 3.28. The number of carbonyl (C=O) groups is 1. The predicted molar refractivity (Wildman–Crippen MR) is 53.6 cm³/mol. The molecule has 6 heteroatoms. The molecule has 0 heterocycles. The Morgan fingerprint density at radius 2 is 1.82 bits per heavy atom. The molecule has 0 saturated heterocycles. The molecule has 0 N–H and O–H groups in total. The highest BCUT2D eigenvalue weighted by Gasteiger charge is 2.31. The van der Waals surface area contributed by atoms with Crippen LogP contribution in [-0.4, -0.2) is 26.3 Å². The van der Waals surface area contributed by atoms with Crippen LogP contribution in [0.25, 0.3) is 0 Å². The number of carbonyl (C=O) groups excluding carboxylic acids is 1. The lowest BCUT2D eigenvalue weighted by Gasteiger charge is -2.13. The first-order valence-corrected chi connectivity index (χ1v) is 4.67. The SMILES string of the molecule is COC(OC)C(=O)c1cccc(C(F)(F)F)c1. The third-order valence-corrected chi connectivity index (χ3v) is 2.12. The zero-order chi connectivity index (χ0) is 13.1. The van der Waals surface area contributed by atoms with Gasteiger partial charge in [-0.2, -0.15) is 13.2 Å². The molecule has 94 valence electrons. The summed E-state index contributed by atoms with van der Waals surface area (Å²) in [5.41, 5.74) is -0.983. The molecule has 0 spiro atoms. The number of hydrogen-bond acceptors (Lipinski definition) is 3. The molecule has 1 aromatic rings. The smallest absolute Gasteiger partial charge is 0.349 e. The van der Waals surface area contributed by atoms with Crippen molar-refractivity contribution in [2.45, 2.75) is 12.5 Å². The maximum atomic E-state index is 12.4. The van der Waals surface area contributed by atoms with Gasteiger partial charge in [-0.15, -0.1) is 0 Å². The quantitative estimate of drug-likeness (QED) is 0.606. The van der Waals surface area contributed by atoms with Crippen LogP contribution in [0, 0.1) is 0 Å². The Bertz CT molecular complexity index is 397. The lowest BCUT2D eigenvalue weighted by molar-refractivity contribution is -0.137. The van der Waals surface area contributed by atoms with Gasteiger partial charge in [-0.1, -0.05) is 12.1 Å². The van der Waals surface area contributed by atoms with Crippen LogP contribution in [0.15, 0.2) is 24.3 Å². The largest absolute Gasteiger partial charge is 0.416 e. The molecule has 0 unspecified atom stereocenters. The van der Waals surface area contributed by atoms with E-state index in [1.165, 1.54) is 26.4 Å². The maximum Gasteiger partial charge on any atom is 0.416 e. The van der Waals surface area contributed by atoms with Gasteiger partial charge in [0.2, 0.25) is 12.1 Å². The summed E-state index contributed by atoms with van der Waals surface area (Å²) >= 11 is 0. The number of ketones is 1. The van der Waals surface area contributed by atoms with Crippen LogP contribution in [0.3, 0.4) is 0 Å². The second-order valence-corrected chi connectivity index (χ2v) is 3.25. The third-order valence-electron chi connectivity index (χ3n) is 2.12. The van der Waals surface area contributed by atoms with E-state index in [-0.39, 0.29) is 5.56 Å². The molecule has 0 aliphatic rings.